The van der Waals surface area contributed by atoms with Crippen LogP contribution in [0.5, 0.6) is 0 Å². The Morgan fingerprint density at radius 3 is 2.55 bits per heavy atom. The molecule has 0 aliphatic carbocycles. The summed E-state index contributed by atoms with van der Waals surface area (Å²) < 4.78 is 0. The second-order valence-electron chi connectivity index (χ2n) is 4.95. The molecule has 0 bridgehead atoms. The van der Waals surface area contributed by atoms with Crippen molar-refractivity contribution in [2.24, 2.45) is 5.92 Å². The summed E-state index contributed by atoms with van der Waals surface area (Å²) in [6.07, 6.45) is 1.70. The van der Waals surface area contributed by atoms with E-state index in [0.29, 0.717) is 0 Å². The van der Waals surface area contributed by atoms with Gasteiger partial charge in [-0.15, -0.1) is 0 Å². The molecule has 20 heavy (non-hydrogen) atoms. The smallest absolute Gasteiger partial charge is 0.227 e. The maximum atomic E-state index is 12.2. The predicted octanol–water partition coefficient (Wildman–Crippen LogP) is 2.23. The summed E-state index contributed by atoms with van der Waals surface area (Å²) in [6.45, 7) is 4.57. The quantitative estimate of drug-likeness (QED) is 0.838. The average molecular weight is 291 g/mol. The van der Waals surface area contributed by atoms with E-state index >= 15 is 0 Å². The van der Waals surface area contributed by atoms with Crippen LogP contribution in [0.1, 0.15) is 19.8 Å². The summed E-state index contributed by atoms with van der Waals surface area (Å²) in [4.78, 5) is 14.3. The molecular weight excluding hydrogens is 270 g/mol. The van der Waals surface area contributed by atoms with Gasteiger partial charge >= 0.3 is 0 Å². The van der Waals surface area contributed by atoms with Gasteiger partial charge in [0.2, 0.25) is 5.91 Å². The van der Waals surface area contributed by atoms with Crippen LogP contribution in [0.15, 0.2) is 30.3 Å². The number of carbonyl (C=O) groups is 1. The standard InChI is InChI=1S/C15H21N3OS/c1-2-16-15(20)18-10-8-12(9-11-18)14(19)17-13-6-4-3-5-7-13/h3-7,12H,2,8-11H2,1H3,(H,16,20)(H,17,19). The number of hydrogen-bond donors (Lipinski definition) is 2. The van der Waals surface area contributed by atoms with E-state index in [-0.39, 0.29) is 11.8 Å². The van der Waals surface area contributed by atoms with Gasteiger partial charge in [-0.2, -0.15) is 0 Å². The van der Waals surface area contributed by atoms with E-state index in [1.807, 2.05) is 37.3 Å². The molecule has 0 saturated carbocycles. The van der Waals surface area contributed by atoms with Crippen molar-refractivity contribution in [3.63, 3.8) is 0 Å². The molecule has 0 radical (unpaired) electrons. The van der Waals surface area contributed by atoms with Gasteiger partial charge in [0.1, 0.15) is 0 Å². The van der Waals surface area contributed by atoms with Crippen LogP contribution in [0.25, 0.3) is 0 Å². The number of nitrogens with zero attached hydrogens (tertiary/aromatic N) is 1. The van der Waals surface area contributed by atoms with Crippen molar-refractivity contribution in [2.75, 3.05) is 25.0 Å². The highest BCUT2D eigenvalue weighted by atomic mass is 32.1. The van der Waals surface area contributed by atoms with E-state index in [9.17, 15) is 4.79 Å². The number of nitrogens with one attached hydrogen (secondary N) is 2. The summed E-state index contributed by atoms with van der Waals surface area (Å²) in [6, 6.07) is 9.61. The number of benzene rings is 1. The van der Waals surface area contributed by atoms with Crippen molar-refractivity contribution in [3.05, 3.63) is 30.3 Å². The molecule has 1 aliphatic heterocycles. The topological polar surface area (TPSA) is 44.4 Å². The maximum Gasteiger partial charge on any atom is 0.227 e. The first-order chi connectivity index (χ1) is 9.70. The number of piperidine rings is 1. The fourth-order valence-corrected chi connectivity index (χ4v) is 2.70. The van der Waals surface area contributed by atoms with Crippen LogP contribution in [0.3, 0.4) is 0 Å². The minimum atomic E-state index is 0.0795. The number of rotatable bonds is 3. The van der Waals surface area contributed by atoms with Crippen LogP contribution in [0.2, 0.25) is 0 Å². The van der Waals surface area contributed by atoms with E-state index in [1.54, 1.807) is 0 Å². The van der Waals surface area contributed by atoms with E-state index in [1.165, 1.54) is 0 Å². The van der Waals surface area contributed by atoms with Crippen molar-refractivity contribution >= 4 is 28.9 Å². The van der Waals surface area contributed by atoms with Gasteiger partial charge < -0.3 is 15.5 Å². The Morgan fingerprint density at radius 1 is 1.30 bits per heavy atom. The van der Waals surface area contributed by atoms with Crippen molar-refractivity contribution in [2.45, 2.75) is 19.8 Å². The number of hydrogen-bond acceptors (Lipinski definition) is 2. The van der Waals surface area contributed by atoms with Gasteiger partial charge in [-0.25, -0.2) is 0 Å². The number of likely N-dealkylation sites (tertiary alicyclic amines) is 1. The van der Waals surface area contributed by atoms with Crippen LogP contribution in [0.4, 0.5) is 5.69 Å². The first-order valence-corrected chi connectivity index (χ1v) is 7.50. The van der Waals surface area contributed by atoms with Gasteiger partial charge in [0, 0.05) is 31.2 Å². The second kappa shape index (κ2) is 7.24. The Morgan fingerprint density at radius 2 is 1.95 bits per heavy atom. The molecule has 0 aromatic heterocycles. The average Bonchev–Trinajstić information content (AvgIpc) is 2.48. The molecule has 1 amide bonds. The highest BCUT2D eigenvalue weighted by Gasteiger charge is 2.25. The lowest BCUT2D eigenvalue weighted by Gasteiger charge is -2.33. The molecule has 2 rings (SSSR count). The van der Waals surface area contributed by atoms with Gasteiger partial charge in [-0.3, -0.25) is 4.79 Å². The zero-order valence-corrected chi connectivity index (χ0v) is 12.6. The van der Waals surface area contributed by atoms with Crippen LogP contribution in [-0.2, 0) is 4.79 Å². The van der Waals surface area contributed by atoms with Crippen LogP contribution >= 0.6 is 12.2 Å². The molecule has 1 saturated heterocycles. The molecule has 1 aromatic rings. The zero-order valence-electron chi connectivity index (χ0n) is 11.8. The first kappa shape index (κ1) is 14.8. The Kier molecular flexibility index (Phi) is 5.35. The highest BCUT2D eigenvalue weighted by Crippen LogP contribution is 2.19. The summed E-state index contributed by atoms with van der Waals surface area (Å²) in [5.74, 6) is 0.195. The van der Waals surface area contributed by atoms with Crippen LogP contribution in [0, 0.1) is 5.92 Å². The predicted molar refractivity (Wildman–Crippen MR) is 85.6 cm³/mol. The summed E-state index contributed by atoms with van der Waals surface area (Å²) in [5, 5.41) is 6.93. The van der Waals surface area contributed by atoms with Gasteiger partial charge in [-0.1, -0.05) is 18.2 Å². The van der Waals surface area contributed by atoms with Gasteiger partial charge in [0.05, 0.1) is 0 Å². The van der Waals surface area contributed by atoms with Crippen molar-refractivity contribution in [3.8, 4) is 0 Å². The molecule has 1 aliphatic rings. The van der Waals surface area contributed by atoms with E-state index in [4.69, 9.17) is 12.2 Å². The largest absolute Gasteiger partial charge is 0.363 e. The highest BCUT2D eigenvalue weighted by molar-refractivity contribution is 7.80. The summed E-state index contributed by atoms with van der Waals surface area (Å²) >= 11 is 5.30. The molecule has 1 heterocycles. The Balaban J connectivity index is 1.81. The first-order valence-electron chi connectivity index (χ1n) is 7.09. The second-order valence-corrected chi connectivity index (χ2v) is 5.34. The minimum Gasteiger partial charge on any atom is -0.363 e. The van der Waals surface area contributed by atoms with E-state index in [0.717, 1.165) is 43.3 Å². The molecule has 0 spiro atoms. The molecular formula is C15H21N3OS. The maximum absolute atomic E-state index is 12.2. The number of anilines is 1. The fourth-order valence-electron chi connectivity index (χ4n) is 2.37. The third kappa shape index (κ3) is 3.93. The molecule has 0 unspecified atom stereocenters. The molecule has 108 valence electrons. The van der Waals surface area contributed by atoms with Crippen LogP contribution < -0.4 is 10.6 Å². The molecule has 1 aromatic carbocycles. The number of para-hydroxylation sites is 1. The van der Waals surface area contributed by atoms with E-state index < -0.39 is 0 Å². The van der Waals surface area contributed by atoms with Crippen LogP contribution in [-0.4, -0.2) is 35.6 Å². The van der Waals surface area contributed by atoms with Crippen molar-refractivity contribution in [1.82, 2.24) is 10.2 Å². The van der Waals surface area contributed by atoms with Gasteiger partial charge in [0.15, 0.2) is 5.11 Å². The minimum absolute atomic E-state index is 0.0795. The third-order valence-corrected chi connectivity index (χ3v) is 3.92. The number of thiocarbonyl (C=S) groups is 1. The molecule has 2 N–H and O–H groups in total. The Hall–Kier alpha value is -1.62. The number of carbonyl (C=O) groups excluding carboxylic acids is 1. The molecule has 4 nitrogen and oxygen atoms in total. The monoisotopic (exact) mass is 291 g/mol. The lowest BCUT2D eigenvalue weighted by Crippen LogP contribution is -2.45. The zero-order chi connectivity index (χ0) is 14.4. The lowest BCUT2D eigenvalue weighted by molar-refractivity contribution is -0.120. The fraction of sp³-hybridized carbons (Fsp3) is 0.467. The lowest BCUT2D eigenvalue weighted by atomic mass is 9.96. The molecule has 1 fully saturated rings. The SMILES string of the molecule is CCNC(=S)N1CCC(C(=O)Nc2ccccc2)CC1. The Labute approximate surface area is 125 Å². The number of amides is 1. The van der Waals surface area contributed by atoms with Gasteiger partial charge in [-0.05, 0) is 44.1 Å². The molecule has 0 atom stereocenters. The normalized spacial score (nSPS) is 15.8. The molecule has 5 heteroatoms. The summed E-state index contributed by atoms with van der Waals surface area (Å²) in [7, 11) is 0. The Bertz CT molecular complexity index is 455. The third-order valence-electron chi connectivity index (χ3n) is 3.52. The van der Waals surface area contributed by atoms with Crippen molar-refractivity contribution < 1.29 is 4.79 Å². The van der Waals surface area contributed by atoms with E-state index in [2.05, 4.69) is 15.5 Å². The van der Waals surface area contributed by atoms with Gasteiger partial charge in [0.25, 0.3) is 0 Å². The van der Waals surface area contributed by atoms with Crippen molar-refractivity contribution in [1.29, 1.82) is 0 Å². The summed E-state index contributed by atoms with van der Waals surface area (Å²) in [5.41, 5.74) is 0.864.